The van der Waals surface area contributed by atoms with Gasteiger partial charge in [-0.1, -0.05) is 0 Å². The first-order valence-corrected chi connectivity index (χ1v) is 5.18. The first-order chi connectivity index (χ1) is 8.81. The van der Waals surface area contributed by atoms with Crippen LogP contribution in [0.5, 0.6) is 0 Å². The molecule has 2 heterocycles. The van der Waals surface area contributed by atoms with Gasteiger partial charge in [-0.05, 0) is 6.07 Å². The first-order valence-electron chi connectivity index (χ1n) is 5.18. The third-order valence-corrected chi connectivity index (χ3v) is 2.20. The van der Waals surface area contributed by atoms with E-state index < -0.39 is 5.97 Å². The van der Waals surface area contributed by atoms with Gasteiger partial charge in [0.1, 0.15) is 24.0 Å². The summed E-state index contributed by atoms with van der Waals surface area (Å²) in [5.41, 5.74) is 1.08. The largest absolute Gasteiger partial charge is 0.465 e. The van der Waals surface area contributed by atoms with E-state index in [1.165, 1.54) is 26.0 Å². The van der Waals surface area contributed by atoms with Crippen molar-refractivity contribution < 1.29 is 9.53 Å². The number of hydrogen-bond donors (Lipinski definition) is 1. The van der Waals surface area contributed by atoms with Crippen molar-refractivity contribution in [1.82, 2.24) is 19.9 Å². The molecule has 0 aliphatic rings. The molecule has 0 aliphatic heterocycles. The second kappa shape index (κ2) is 5.67. The number of carbonyl (C=O) groups is 1. The zero-order valence-corrected chi connectivity index (χ0v) is 9.70. The van der Waals surface area contributed by atoms with Gasteiger partial charge in [-0.2, -0.15) is 0 Å². The van der Waals surface area contributed by atoms with Crippen molar-refractivity contribution in [2.45, 2.75) is 6.54 Å². The number of hydrogen-bond acceptors (Lipinski definition) is 7. The molecule has 0 aliphatic carbocycles. The molecule has 7 nitrogen and oxygen atoms in total. The summed E-state index contributed by atoms with van der Waals surface area (Å²) in [5.74, 6) is -0.0729. The Bertz CT molecular complexity index is 532. The molecule has 0 aromatic carbocycles. The fraction of sp³-hybridized carbons (Fsp3) is 0.182. The summed E-state index contributed by atoms with van der Waals surface area (Å²) in [6.45, 7) is 0.434. The molecule has 0 radical (unpaired) electrons. The lowest BCUT2D eigenvalue weighted by Crippen LogP contribution is -2.11. The Balaban J connectivity index is 2.12. The van der Waals surface area contributed by atoms with E-state index in [-0.39, 0.29) is 5.56 Å². The molecular formula is C11H11N5O2. The summed E-state index contributed by atoms with van der Waals surface area (Å²) < 4.78 is 4.64. The molecule has 92 valence electrons. The number of anilines is 1. The minimum atomic E-state index is -0.485. The molecule has 2 aromatic rings. The minimum absolute atomic E-state index is 0.286. The van der Waals surface area contributed by atoms with Crippen LogP contribution < -0.4 is 5.32 Å². The lowest BCUT2D eigenvalue weighted by atomic mass is 10.3. The Kier molecular flexibility index (Phi) is 3.75. The van der Waals surface area contributed by atoms with Crippen molar-refractivity contribution in [2.24, 2.45) is 0 Å². The average molecular weight is 245 g/mol. The highest BCUT2D eigenvalue weighted by atomic mass is 16.5. The lowest BCUT2D eigenvalue weighted by Gasteiger charge is -2.08. The molecule has 0 saturated heterocycles. The number of esters is 1. The van der Waals surface area contributed by atoms with E-state index in [1.54, 1.807) is 12.3 Å². The average Bonchev–Trinajstić information content (AvgIpc) is 2.45. The quantitative estimate of drug-likeness (QED) is 0.791. The van der Waals surface area contributed by atoms with Gasteiger partial charge in [0.25, 0.3) is 0 Å². The maximum Gasteiger partial charge on any atom is 0.343 e. The third-order valence-electron chi connectivity index (χ3n) is 2.20. The number of rotatable bonds is 4. The molecule has 2 aromatic heterocycles. The number of methoxy groups -OCH3 is 1. The number of aromatic nitrogens is 4. The van der Waals surface area contributed by atoms with Gasteiger partial charge in [0.15, 0.2) is 0 Å². The first kappa shape index (κ1) is 11.9. The van der Waals surface area contributed by atoms with Crippen LogP contribution in [-0.4, -0.2) is 33.0 Å². The zero-order chi connectivity index (χ0) is 12.8. The van der Waals surface area contributed by atoms with Gasteiger partial charge in [-0.3, -0.25) is 0 Å². The van der Waals surface area contributed by atoms with Gasteiger partial charge < -0.3 is 10.1 Å². The van der Waals surface area contributed by atoms with E-state index in [9.17, 15) is 4.79 Å². The second-order valence-electron chi connectivity index (χ2n) is 3.33. The van der Waals surface area contributed by atoms with Crippen molar-refractivity contribution in [3.63, 3.8) is 0 Å². The van der Waals surface area contributed by atoms with Gasteiger partial charge >= 0.3 is 5.97 Å². The molecule has 1 N–H and O–H groups in total. The normalized spacial score (nSPS) is 9.83. The number of nitrogens with one attached hydrogen (secondary N) is 1. The fourth-order valence-corrected chi connectivity index (χ4v) is 1.33. The molecule has 0 fully saturated rings. The number of carbonyl (C=O) groups excluding carboxylic acids is 1. The highest BCUT2D eigenvalue weighted by Gasteiger charge is 2.12. The van der Waals surface area contributed by atoms with Crippen LogP contribution in [0.2, 0.25) is 0 Å². The van der Waals surface area contributed by atoms with Gasteiger partial charge in [0.2, 0.25) is 0 Å². The Hall–Kier alpha value is -2.57. The van der Waals surface area contributed by atoms with Crippen molar-refractivity contribution in [2.75, 3.05) is 12.4 Å². The summed E-state index contributed by atoms with van der Waals surface area (Å²) in [6.07, 6.45) is 5.86. The van der Waals surface area contributed by atoms with Crippen LogP contribution in [0.3, 0.4) is 0 Å². The van der Waals surface area contributed by atoms with E-state index in [2.05, 4.69) is 30.0 Å². The summed E-state index contributed by atoms with van der Waals surface area (Å²) in [5, 5.41) is 3.00. The minimum Gasteiger partial charge on any atom is -0.465 e. The van der Waals surface area contributed by atoms with Crippen LogP contribution in [0.4, 0.5) is 5.82 Å². The van der Waals surface area contributed by atoms with E-state index in [0.717, 1.165) is 5.69 Å². The Labute approximate surface area is 103 Å². The van der Waals surface area contributed by atoms with Crippen LogP contribution in [0.25, 0.3) is 0 Å². The molecule has 18 heavy (non-hydrogen) atoms. The Morgan fingerprint density at radius 1 is 1.33 bits per heavy atom. The molecule has 0 bridgehead atoms. The maximum atomic E-state index is 11.5. The summed E-state index contributed by atoms with van der Waals surface area (Å²) in [4.78, 5) is 27.1. The molecule has 0 atom stereocenters. The van der Waals surface area contributed by atoms with Crippen LogP contribution in [0, 0.1) is 0 Å². The van der Waals surface area contributed by atoms with Crippen LogP contribution in [-0.2, 0) is 11.3 Å². The smallest absolute Gasteiger partial charge is 0.343 e. The second-order valence-corrected chi connectivity index (χ2v) is 3.33. The summed E-state index contributed by atoms with van der Waals surface area (Å²) in [6, 6.07) is 1.77. The summed E-state index contributed by atoms with van der Waals surface area (Å²) in [7, 11) is 1.31. The molecule has 0 spiro atoms. The predicted molar refractivity (Wildman–Crippen MR) is 62.7 cm³/mol. The van der Waals surface area contributed by atoms with Gasteiger partial charge in [-0.25, -0.2) is 24.7 Å². The number of nitrogens with zero attached hydrogens (tertiary/aromatic N) is 4. The van der Waals surface area contributed by atoms with E-state index >= 15 is 0 Å². The zero-order valence-electron chi connectivity index (χ0n) is 9.70. The molecule has 0 amide bonds. The Morgan fingerprint density at radius 2 is 2.17 bits per heavy atom. The summed E-state index contributed by atoms with van der Waals surface area (Å²) >= 11 is 0. The molecule has 0 unspecified atom stereocenters. The van der Waals surface area contributed by atoms with E-state index in [4.69, 9.17) is 0 Å². The highest BCUT2D eigenvalue weighted by molar-refractivity contribution is 5.94. The molecular weight excluding hydrogens is 234 g/mol. The van der Waals surface area contributed by atoms with Gasteiger partial charge in [0, 0.05) is 12.4 Å². The SMILES string of the molecule is COC(=O)c1cncnc1NCc1ccncn1. The van der Waals surface area contributed by atoms with E-state index in [1.807, 2.05) is 0 Å². The van der Waals surface area contributed by atoms with Crippen LogP contribution >= 0.6 is 0 Å². The van der Waals surface area contributed by atoms with Crippen molar-refractivity contribution in [3.8, 4) is 0 Å². The Morgan fingerprint density at radius 3 is 2.89 bits per heavy atom. The van der Waals surface area contributed by atoms with Gasteiger partial charge in [0.05, 0.1) is 19.3 Å². The lowest BCUT2D eigenvalue weighted by molar-refractivity contribution is 0.0601. The van der Waals surface area contributed by atoms with Gasteiger partial charge in [-0.15, -0.1) is 0 Å². The van der Waals surface area contributed by atoms with Crippen LogP contribution in [0.15, 0.2) is 31.1 Å². The standard InChI is InChI=1S/C11H11N5O2/c1-18-11(17)9-5-13-7-16-10(9)14-4-8-2-3-12-6-15-8/h2-3,5-7H,4H2,1H3,(H,13,14,16). The topological polar surface area (TPSA) is 89.9 Å². The highest BCUT2D eigenvalue weighted by Crippen LogP contribution is 2.11. The molecule has 2 rings (SSSR count). The fourth-order valence-electron chi connectivity index (χ4n) is 1.33. The predicted octanol–water partition coefficient (Wildman–Crippen LogP) is 0.665. The van der Waals surface area contributed by atoms with Crippen molar-refractivity contribution in [3.05, 3.63) is 42.4 Å². The maximum absolute atomic E-state index is 11.5. The third kappa shape index (κ3) is 2.76. The molecule has 7 heteroatoms. The van der Waals surface area contributed by atoms with Crippen molar-refractivity contribution in [1.29, 1.82) is 0 Å². The van der Waals surface area contributed by atoms with Crippen molar-refractivity contribution >= 4 is 11.8 Å². The molecule has 0 saturated carbocycles. The van der Waals surface area contributed by atoms with E-state index in [0.29, 0.717) is 12.4 Å². The van der Waals surface area contributed by atoms with Crippen LogP contribution in [0.1, 0.15) is 16.1 Å². The monoisotopic (exact) mass is 245 g/mol. The number of ether oxygens (including phenoxy) is 1.